The fourth-order valence-electron chi connectivity index (χ4n) is 3.13. The van der Waals surface area contributed by atoms with Crippen LogP contribution in [0, 0.1) is 0 Å². The lowest BCUT2D eigenvalue weighted by Gasteiger charge is -2.24. The van der Waals surface area contributed by atoms with Crippen LogP contribution in [0.4, 0.5) is 5.69 Å². The number of aromatic nitrogens is 2. The van der Waals surface area contributed by atoms with Gasteiger partial charge in [0.25, 0.3) is 5.56 Å². The van der Waals surface area contributed by atoms with Gasteiger partial charge in [0.15, 0.2) is 0 Å². The van der Waals surface area contributed by atoms with E-state index in [9.17, 15) is 9.00 Å². The van der Waals surface area contributed by atoms with Gasteiger partial charge in [-0.1, -0.05) is 30.9 Å². The molecule has 2 aliphatic rings. The summed E-state index contributed by atoms with van der Waals surface area (Å²) in [4.78, 5) is 12.4. The highest BCUT2D eigenvalue weighted by atomic mass is 35.5. The molecular formula is C15H22ClN3O3S. The van der Waals surface area contributed by atoms with E-state index in [2.05, 4.69) is 10.4 Å². The Balaban J connectivity index is 1.69. The lowest BCUT2D eigenvalue weighted by atomic mass is 9.96. The SMILES string of the molecule is O=c1c(Cl)c(NCC2COCCS2=O)cnn1C1CCCCC1. The molecular weight excluding hydrogens is 338 g/mol. The minimum atomic E-state index is -0.906. The molecule has 0 bridgehead atoms. The maximum absolute atomic E-state index is 12.4. The van der Waals surface area contributed by atoms with Crippen molar-refractivity contribution in [2.75, 3.05) is 30.8 Å². The highest BCUT2D eigenvalue weighted by molar-refractivity contribution is 7.85. The lowest BCUT2D eigenvalue weighted by Crippen LogP contribution is -2.37. The van der Waals surface area contributed by atoms with E-state index in [-0.39, 0.29) is 21.9 Å². The van der Waals surface area contributed by atoms with Crippen molar-refractivity contribution in [1.82, 2.24) is 9.78 Å². The Morgan fingerprint density at radius 3 is 2.91 bits per heavy atom. The van der Waals surface area contributed by atoms with E-state index in [0.717, 1.165) is 25.7 Å². The maximum Gasteiger partial charge on any atom is 0.287 e. The van der Waals surface area contributed by atoms with Gasteiger partial charge < -0.3 is 10.1 Å². The smallest absolute Gasteiger partial charge is 0.287 e. The highest BCUT2D eigenvalue weighted by Crippen LogP contribution is 2.27. The molecule has 0 aromatic carbocycles. The molecule has 1 saturated carbocycles. The van der Waals surface area contributed by atoms with Crippen LogP contribution in [-0.2, 0) is 15.5 Å². The average molecular weight is 360 g/mol. The Labute approximate surface area is 143 Å². The van der Waals surface area contributed by atoms with E-state index in [4.69, 9.17) is 16.3 Å². The molecule has 2 fully saturated rings. The number of nitrogens with one attached hydrogen (secondary N) is 1. The first-order valence-electron chi connectivity index (χ1n) is 8.13. The molecule has 1 aromatic rings. The first kappa shape index (κ1) is 16.9. The van der Waals surface area contributed by atoms with Gasteiger partial charge in [-0.25, -0.2) is 4.68 Å². The van der Waals surface area contributed by atoms with Crippen molar-refractivity contribution in [3.05, 3.63) is 21.6 Å². The minimum Gasteiger partial charge on any atom is -0.381 e. The number of nitrogens with zero attached hydrogens (tertiary/aromatic N) is 2. The summed E-state index contributed by atoms with van der Waals surface area (Å²) in [6.45, 7) is 1.47. The molecule has 1 aliphatic carbocycles. The van der Waals surface area contributed by atoms with Gasteiger partial charge in [0.1, 0.15) is 5.02 Å². The Kier molecular flexibility index (Phi) is 5.71. The molecule has 1 aliphatic heterocycles. The van der Waals surface area contributed by atoms with Crippen LogP contribution in [0.1, 0.15) is 38.1 Å². The van der Waals surface area contributed by atoms with Gasteiger partial charge >= 0.3 is 0 Å². The topological polar surface area (TPSA) is 73.2 Å². The van der Waals surface area contributed by atoms with Gasteiger partial charge in [-0.3, -0.25) is 9.00 Å². The summed E-state index contributed by atoms with van der Waals surface area (Å²) >= 11 is 6.23. The van der Waals surface area contributed by atoms with E-state index in [1.165, 1.54) is 11.1 Å². The van der Waals surface area contributed by atoms with Gasteiger partial charge in [-0.05, 0) is 12.8 Å². The summed E-state index contributed by atoms with van der Waals surface area (Å²) in [5.41, 5.74) is 0.260. The molecule has 23 heavy (non-hydrogen) atoms. The molecule has 1 aromatic heterocycles. The molecule has 0 radical (unpaired) electrons. The van der Waals surface area contributed by atoms with Crippen LogP contribution >= 0.6 is 11.6 Å². The zero-order valence-electron chi connectivity index (χ0n) is 13.0. The van der Waals surface area contributed by atoms with Crippen molar-refractivity contribution >= 4 is 28.1 Å². The second-order valence-corrected chi connectivity index (χ2v) is 8.29. The molecule has 0 spiro atoms. The van der Waals surface area contributed by atoms with E-state index in [1.54, 1.807) is 6.20 Å². The molecule has 1 N–H and O–H groups in total. The zero-order chi connectivity index (χ0) is 16.2. The normalized spacial score (nSPS) is 26.1. The van der Waals surface area contributed by atoms with Gasteiger partial charge in [0.2, 0.25) is 0 Å². The predicted octanol–water partition coefficient (Wildman–Crippen LogP) is 1.96. The van der Waals surface area contributed by atoms with Crippen molar-refractivity contribution in [2.45, 2.75) is 43.4 Å². The Morgan fingerprint density at radius 1 is 1.39 bits per heavy atom. The van der Waals surface area contributed by atoms with Gasteiger partial charge in [-0.2, -0.15) is 5.10 Å². The van der Waals surface area contributed by atoms with Crippen LogP contribution in [0.5, 0.6) is 0 Å². The fraction of sp³-hybridized carbons (Fsp3) is 0.733. The Hall–Kier alpha value is -0.920. The van der Waals surface area contributed by atoms with Crippen LogP contribution in [0.25, 0.3) is 0 Å². The first-order chi connectivity index (χ1) is 11.2. The number of hydrogen-bond donors (Lipinski definition) is 1. The molecule has 3 rings (SSSR count). The zero-order valence-corrected chi connectivity index (χ0v) is 14.6. The van der Waals surface area contributed by atoms with Gasteiger partial charge in [0, 0.05) is 23.1 Å². The number of rotatable bonds is 4. The standard InChI is InChI=1S/C15H22ClN3O3S/c16-14-13(17-8-12-10-22-6-7-23(12)21)9-18-19(15(14)20)11-4-2-1-3-5-11/h9,11-12,17H,1-8,10H2. The third kappa shape index (κ3) is 3.95. The summed E-state index contributed by atoms with van der Waals surface area (Å²) in [6.07, 6.45) is 7.04. The van der Waals surface area contributed by atoms with E-state index in [0.29, 0.717) is 31.2 Å². The molecule has 0 amide bonds. The number of hydrogen-bond acceptors (Lipinski definition) is 5. The van der Waals surface area contributed by atoms with Crippen molar-refractivity contribution in [3.8, 4) is 0 Å². The van der Waals surface area contributed by atoms with Crippen LogP contribution in [0.2, 0.25) is 5.02 Å². The second-order valence-electron chi connectivity index (χ2n) is 6.08. The molecule has 2 atom stereocenters. The van der Waals surface area contributed by atoms with Crippen molar-refractivity contribution < 1.29 is 8.95 Å². The highest BCUT2D eigenvalue weighted by Gasteiger charge is 2.23. The number of halogens is 1. The molecule has 128 valence electrons. The minimum absolute atomic E-state index is 0.0828. The summed E-state index contributed by atoms with van der Waals surface area (Å²) < 4.78 is 18.8. The monoisotopic (exact) mass is 359 g/mol. The van der Waals surface area contributed by atoms with Crippen molar-refractivity contribution in [2.24, 2.45) is 0 Å². The van der Waals surface area contributed by atoms with Crippen LogP contribution in [0.3, 0.4) is 0 Å². The maximum atomic E-state index is 12.4. The largest absolute Gasteiger partial charge is 0.381 e. The van der Waals surface area contributed by atoms with Crippen LogP contribution in [0.15, 0.2) is 11.0 Å². The van der Waals surface area contributed by atoms with E-state index in [1.807, 2.05) is 0 Å². The first-order valence-corrected chi connectivity index (χ1v) is 9.89. The third-order valence-corrected chi connectivity index (χ3v) is 6.47. The van der Waals surface area contributed by atoms with Gasteiger partial charge in [-0.15, -0.1) is 0 Å². The molecule has 2 unspecified atom stereocenters. The van der Waals surface area contributed by atoms with Crippen molar-refractivity contribution in [3.63, 3.8) is 0 Å². The van der Waals surface area contributed by atoms with Gasteiger partial charge in [0.05, 0.1) is 36.4 Å². The lowest BCUT2D eigenvalue weighted by molar-refractivity contribution is 0.142. The number of anilines is 1. The summed E-state index contributed by atoms with van der Waals surface area (Å²) in [5.74, 6) is 0.557. The van der Waals surface area contributed by atoms with E-state index >= 15 is 0 Å². The third-order valence-electron chi connectivity index (χ3n) is 4.49. The second kappa shape index (κ2) is 7.77. The quantitative estimate of drug-likeness (QED) is 0.889. The fourth-order valence-corrected chi connectivity index (χ4v) is 4.46. The molecule has 1 saturated heterocycles. The molecule has 6 nitrogen and oxygen atoms in total. The van der Waals surface area contributed by atoms with Crippen LogP contribution < -0.4 is 10.9 Å². The summed E-state index contributed by atoms with van der Waals surface area (Å²) in [5, 5.41) is 7.48. The summed E-state index contributed by atoms with van der Waals surface area (Å²) in [7, 11) is -0.906. The number of ether oxygens (including phenoxy) is 1. The van der Waals surface area contributed by atoms with Crippen molar-refractivity contribution in [1.29, 1.82) is 0 Å². The molecule has 8 heteroatoms. The van der Waals surface area contributed by atoms with E-state index < -0.39 is 10.8 Å². The van der Waals surface area contributed by atoms with Crippen LogP contribution in [-0.4, -0.2) is 44.8 Å². The summed E-state index contributed by atoms with van der Waals surface area (Å²) in [6, 6.07) is 0.155. The Bertz CT molecular complexity index is 631. The average Bonchev–Trinajstić information content (AvgIpc) is 2.58. The Morgan fingerprint density at radius 2 is 2.17 bits per heavy atom. The predicted molar refractivity (Wildman–Crippen MR) is 91.7 cm³/mol. The molecule has 2 heterocycles.